The molecule has 0 aromatic rings. The van der Waals surface area contributed by atoms with Crippen LogP contribution in [0.2, 0.25) is 0 Å². The molecule has 1 saturated heterocycles. The molecular weight excluding hydrogens is 300 g/mol. The molecule has 4 saturated carbocycles. The van der Waals surface area contributed by atoms with E-state index in [1.807, 2.05) is 4.90 Å². The molecule has 0 atom stereocenters. The van der Waals surface area contributed by atoms with Crippen LogP contribution in [0.25, 0.3) is 0 Å². The van der Waals surface area contributed by atoms with Crippen LogP contribution in [0.3, 0.4) is 0 Å². The van der Waals surface area contributed by atoms with Gasteiger partial charge in [-0.3, -0.25) is 9.59 Å². The van der Waals surface area contributed by atoms with Gasteiger partial charge in [-0.15, -0.1) is 0 Å². The van der Waals surface area contributed by atoms with Crippen molar-refractivity contribution in [2.24, 2.45) is 21.7 Å². The molecule has 4 aliphatic carbocycles. The monoisotopic (exact) mass is 332 g/mol. The van der Waals surface area contributed by atoms with E-state index in [4.69, 9.17) is 0 Å². The van der Waals surface area contributed by atoms with Crippen LogP contribution in [-0.2, 0) is 9.59 Å². The Hall–Kier alpha value is -1.06. The maximum absolute atomic E-state index is 13.6. The quantitative estimate of drug-likeness (QED) is 0.740. The van der Waals surface area contributed by atoms with E-state index in [1.54, 1.807) is 6.92 Å². The minimum absolute atomic E-state index is 0.129. The highest BCUT2D eigenvalue weighted by molar-refractivity contribution is 5.84. The van der Waals surface area contributed by atoms with Crippen molar-refractivity contribution in [3.63, 3.8) is 0 Å². The highest BCUT2D eigenvalue weighted by atomic mass is 16.2. The Bertz CT molecular complexity index is 537. The highest BCUT2D eigenvalue weighted by Gasteiger charge is 2.66. The molecule has 0 N–H and O–H groups in total. The lowest BCUT2D eigenvalue weighted by Gasteiger charge is -2.68. The van der Waals surface area contributed by atoms with Crippen molar-refractivity contribution in [1.29, 1.82) is 0 Å². The molecule has 5 fully saturated rings. The molecule has 1 heterocycles. The third-order valence-corrected chi connectivity index (χ3v) is 7.32. The summed E-state index contributed by atoms with van der Waals surface area (Å²) in [6.07, 6.45) is 7.12. The second-order valence-corrected chi connectivity index (χ2v) is 10.6. The fourth-order valence-electron chi connectivity index (χ4n) is 8.08. The zero-order chi connectivity index (χ0) is 17.4. The molecule has 0 spiro atoms. The predicted octanol–water partition coefficient (Wildman–Crippen LogP) is 3.06. The number of hydrogen-bond donors (Lipinski definition) is 0. The predicted molar refractivity (Wildman–Crippen MR) is 93.3 cm³/mol. The first-order valence-electron chi connectivity index (χ1n) is 9.61. The number of rotatable bonds is 1. The second kappa shape index (κ2) is 4.76. The van der Waals surface area contributed by atoms with Gasteiger partial charge >= 0.3 is 0 Å². The summed E-state index contributed by atoms with van der Waals surface area (Å²) in [5, 5.41) is 0. The molecule has 2 amide bonds. The summed E-state index contributed by atoms with van der Waals surface area (Å²) in [6, 6.07) is 0. The first-order chi connectivity index (χ1) is 11.1. The standard InChI is InChI=1S/C20H32N2O2/c1-15(23)21-5-7-22(8-6-21)16(24)20-12-17(2)9-18(3,13-20)11-19(4,10-17)14-20/h5-14H2,1-4H3. The van der Waals surface area contributed by atoms with E-state index in [0.29, 0.717) is 48.3 Å². The van der Waals surface area contributed by atoms with E-state index in [-0.39, 0.29) is 11.3 Å². The molecule has 5 aliphatic rings. The van der Waals surface area contributed by atoms with Gasteiger partial charge in [0.25, 0.3) is 0 Å². The smallest absolute Gasteiger partial charge is 0.228 e. The van der Waals surface area contributed by atoms with Crippen molar-refractivity contribution in [2.75, 3.05) is 26.2 Å². The SMILES string of the molecule is CC(=O)N1CCN(C(=O)C23CC4(C)CC(C)(CC(C)(C4)C2)C3)CC1. The summed E-state index contributed by atoms with van der Waals surface area (Å²) < 4.78 is 0. The van der Waals surface area contributed by atoms with Crippen LogP contribution >= 0.6 is 0 Å². The summed E-state index contributed by atoms with van der Waals surface area (Å²) in [7, 11) is 0. The van der Waals surface area contributed by atoms with Crippen LogP contribution < -0.4 is 0 Å². The molecule has 0 unspecified atom stereocenters. The zero-order valence-corrected chi connectivity index (χ0v) is 15.8. The summed E-state index contributed by atoms with van der Waals surface area (Å²) >= 11 is 0. The highest BCUT2D eigenvalue weighted by Crippen LogP contribution is 2.73. The van der Waals surface area contributed by atoms with Crippen LogP contribution in [0, 0.1) is 21.7 Å². The van der Waals surface area contributed by atoms with Gasteiger partial charge in [-0.1, -0.05) is 20.8 Å². The van der Waals surface area contributed by atoms with E-state index in [1.165, 1.54) is 19.3 Å². The Morgan fingerprint density at radius 1 is 0.667 bits per heavy atom. The van der Waals surface area contributed by atoms with E-state index in [9.17, 15) is 9.59 Å². The Morgan fingerprint density at radius 2 is 1.04 bits per heavy atom. The van der Waals surface area contributed by atoms with Gasteiger partial charge in [0.1, 0.15) is 0 Å². The minimum Gasteiger partial charge on any atom is -0.339 e. The van der Waals surface area contributed by atoms with E-state index in [2.05, 4.69) is 25.7 Å². The number of hydrogen-bond acceptors (Lipinski definition) is 2. The third-order valence-electron chi connectivity index (χ3n) is 7.32. The molecule has 4 heteroatoms. The Morgan fingerprint density at radius 3 is 1.42 bits per heavy atom. The summed E-state index contributed by atoms with van der Waals surface area (Å²) in [5.41, 5.74) is 0.894. The number of piperazine rings is 1. The average molecular weight is 332 g/mol. The van der Waals surface area contributed by atoms with Crippen LogP contribution in [0.4, 0.5) is 0 Å². The summed E-state index contributed by atoms with van der Waals surface area (Å²) in [5.74, 6) is 0.526. The van der Waals surface area contributed by atoms with Crippen molar-refractivity contribution in [3.05, 3.63) is 0 Å². The Balaban J connectivity index is 1.57. The lowest BCUT2D eigenvalue weighted by atomic mass is 9.36. The molecule has 0 aromatic carbocycles. The van der Waals surface area contributed by atoms with Crippen molar-refractivity contribution < 1.29 is 9.59 Å². The number of carbonyl (C=O) groups excluding carboxylic acids is 2. The average Bonchev–Trinajstić information content (AvgIpc) is 2.41. The summed E-state index contributed by atoms with van der Waals surface area (Å²) in [6.45, 7) is 11.7. The fraction of sp³-hybridized carbons (Fsp3) is 0.900. The lowest BCUT2D eigenvalue weighted by Crippen LogP contribution is -2.64. The lowest BCUT2D eigenvalue weighted by molar-refractivity contribution is -0.200. The Kier molecular flexibility index (Phi) is 3.26. The van der Waals surface area contributed by atoms with Crippen LogP contribution in [-0.4, -0.2) is 47.8 Å². The fourth-order valence-corrected chi connectivity index (χ4v) is 8.08. The van der Waals surface area contributed by atoms with Gasteiger partial charge in [0.15, 0.2) is 0 Å². The van der Waals surface area contributed by atoms with Gasteiger partial charge in [-0.05, 0) is 54.8 Å². The molecule has 24 heavy (non-hydrogen) atoms. The largest absolute Gasteiger partial charge is 0.339 e. The van der Waals surface area contributed by atoms with Crippen molar-refractivity contribution in [1.82, 2.24) is 9.80 Å². The maximum Gasteiger partial charge on any atom is 0.228 e. The van der Waals surface area contributed by atoms with Crippen molar-refractivity contribution in [2.45, 2.75) is 66.2 Å². The van der Waals surface area contributed by atoms with Gasteiger partial charge in [0, 0.05) is 33.1 Å². The number of amides is 2. The van der Waals surface area contributed by atoms with E-state index < -0.39 is 0 Å². The van der Waals surface area contributed by atoms with Gasteiger partial charge in [-0.2, -0.15) is 0 Å². The molecule has 134 valence electrons. The number of carbonyl (C=O) groups is 2. The molecule has 4 nitrogen and oxygen atoms in total. The van der Waals surface area contributed by atoms with Crippen LogP contribution in [0.1, 0.15) is 66.2 Å². The summed E-state index contributed by atoms with van der Waals surface area (Å²) in [4.78, 5) is 29.1. The first kappa shape index (κ1) is 16.4. The van der Waals surface area contributed by atoms with E-state index in [0.717, 1.165) is 19.3 Å². The maximum atomic E-state index is 13.6. The molecule has 4 bridgehead atoms. The first-order valence-corrected chi connectivity index (χ1v) is 9.61. The van der Waals surface area contributed by atoms with Gasteiger partial charge in [-0.25, -0.2) is 0 Å². The molecular formula is C20H32N2O2. The van der Waals surface area contributed by atoms with Gasteiger partial charge in [0.05, 0.1) is 5.41 Å². The molecule has 1 aliphatic heterocycles. The van der Waals surface area contributed by atoms with E-state index >= 15 is 0 Å². The second-order valence-electron chi connectivity index (χ2n) is 10.6. The van der Waals surface area contributed by atoms with Crippen molar-refractivity contribution in [3.8, 4) is 0 Å². The topological polar surface area (TPSA) is 40.6 Å². The molecule has 0 aromatic heterocycles. The van der Waals surface area contributed by atoms with Gasteiger partial charge < -0.3 is 9.80 Å². The zero-order valence-electron chi connectivity index (χ0n) is 15.8. The Labute approximate surface area is 145 Å². The third kappa shape index (κ3) is 2.40. The van der Waals surface area contributed by atoms with Crippen LogP contribution in [0.5, 0.6) is 0 Å². The molecule has 5 rings (SSSR count). The van der Waals surface area contributed by atoms with Crippen molar-refractivity contribution >= 4 is 11.8 Å². The number of nitrogens with zero attached hydrogens (tertiary/aromatic N) is 2. The minimum atomic E-state index is -0.134. The van der Waals surface area contributed by atoms with Gasteiger partial charge in [0.2, 0.25) is 11.8 Å². The van der Waals surface area contributed by atoms with Crippen LogP contribution in [0.15, 0.2) is 0 Å². The molecule has 0 radical (unpaired) electrons. The normalized spacial score (nSPS) is 47.2.